The second-order valence-electron chi connectivity index (χ2n) is 4.83. The van der Waals surface area contributed by atoms with E-state index in [1.54, 1.807) is 12.1 Å². The number of hydrogen-bond donors (Lipinski definition) is 2. The van der Waals surface area contributed by atoms with E-state index in [1.165, 1.54) is 24.3 Å². The molecule has 0 aliphatic rings. The number of nitriles is 1. The molecule has 0 saturated carbocycles. The largest absolute Gasteiger partial charge is 0.382 e. The predicted octanol–water partition coefficient (Wildman–Crippen LogP) is 3.37. The lowest BCUT2D eigenvalue weighted by molar-refractivity contribution is 0.629. The number of nitrogens with zero attached hydrogens (tertiary/aromatic N) is 2. The van der Waals surface area contributed by atoms with Crippen LogP contribution < -0.4 is 5.32 Å². The SMILES string of the molecule is N#Cc1ccc(NCCc2nc3ccc(F)cc3[nH]2)c(F)c1. The highest BCUT2D eigenvalue weighted by Crippen LogP contribution is 2.16. The Labute approximate surface area is 125 Å². The van der Waals surface area contributed by atoms with Crippen molar-refractivity contribution in [1.29, 1.82) is 5.26 Å². The summed E-state index contributed by atoms with van der Waals surface area (Å²) in [4.78, 5) is 7.36. The second-order valence-corrected chi connectivity index (χ2v) is 4.83. The summed E-state index contributed by atoms with van der Waals surface area (Å²) in [5, 5.41) is 11.6. The Hall–Kier alpha value is -2.94. The maximum Gasteiger partial charge on any atom is 0.147 e. The minimum atomic E-state index is -0.467. The van der Waals surface area contributed by atoms with Crippen molar-refractivity contribution in [2.45, 2.75) is 6.42 Å². The lowest BCUT2D eigenvalue weighted by Gasteiger charge is -2.06. The third kappa shape index (κ3) is 2.88. The molecule has 0 bridgehead atoms. The fourth-order valence-electron chi connectivity index (χ4n) is 2.20. The Bertz CT molecular complexity index is 864. The standard InChI is InChI=1S/C16H12F2N4/c17-11-2-4-14-15(8-11)22-16(21-14)5-6-20-13-3-1-10(9-19)7-12(13)18/h1-4,7-8,20H,5-6H2,(H,21,22). The van der Waals surface area contributed by atoms with Gasteiger partial charge < -0.3 is 10.3 Å². The minimum Gasteiger partial charge on any atom is -0.382 e. The molecule has 0 atom stereocenters. The van der Waals surface area contributed by atoms with Crippen LogP contribution in [0.2, 0.25) is 0 Å². The second kappa shape index (κ2) is 5.82. The van der Waals surface area contributed by atoms with Gasteiger partial charge in [-0.2, -0.15) is 5.26 Å². The normalized spacial score (nSPS) is 10.6. The van der Waals surface area contributed by atoms with Crippen molar-refractivity contribution >= 4 is 16.7 Å². The molecule has 1 heterocycles. The van der Waals surface area contributed by atoms with Crippen molar-refractivity contribution in [3.05, 3.63) is 59.4 Å². The maximum atomic E-state index is 13.7. The maximum absolute atomic E-state index is 13.7. The summed E-state index contributed by atoms with van der Waals surface area (Å²) < 4.78 is 26.8. The van der Waals surface area contributed by atoms with Crippen LogP contribution in [0.5, 0.6) is 0 Å². The Balaban J connectivity index is 1.66. The van der Waals surface area contributed by atoms with Crippen LogP contribution in [-0.2, 0) is 6.42 Å². The number of benzene rings is 2. The molecule has 0 saturated heterocycles. The van der Waals surface area contributed by atoms with E-state index in [9.17, 15) is 8.78 Å². The van der Waals surface area contributed by atoms with Gasteiger partial charge in [-0.1, -0.05) is 0 Å². The number of fused-ring (bicyclic) bond motifs is 1. The van der Waals surface area contributed by atoms with Crippen molar-refractivity contribution < 1.29 is 8.78 Å². The van der Waals surface area contributed by atoms with E-state index in [-0.39, 0.29) is 11.4 Å². The molecular formula is C16H12F2N4. The van der Waals surface area contributed by atoms with Crippen LogP contribution in [-0.4, -0.2) is 16.5 Å². The van der Waals surface area contributed by atoms with E-state index in [0.29, 0.717) is 35.5 Å². The average Bonchev–Trinajstić information content (AvgIpc) is 2.90. The molecule has 0 radical (unpaired) electrons. The van der Waals surface area contributed by atoms with Crippen LogP contribution >= 0.6 is 0 Å². The first-order chi connectivity index (χ1) is 10.7. The van der Waals surface area contributed by atoms with Gasteiger partial charge in [0.05, 0.1) is 28.4 Å². The number of hydrogen-bond acceptors (Lipinski definition) is 3. The molecule has 2 aromatic carbocycles. The molecule has 0 spiro atoms. The van der Waals surface area contributed by atoms with E-state index in [0.717, 1.165) is 0 Å². The molecule has 0 aliphatic heterocycles. The molecule has 2 N–H and O–H groups in total. The Morgan fingerprint density at radius 2 is 2.05 bits per heavy atom. The quantitative estimate of drug-likeness (QED) is 0.776. The molecule has 0 fully saturated rings. The van der Waals surface area contributed by atoms with Crippen molar-refractivity contribution in [2.75, 3.05) is 11.9 Å². The summed E-state index contributed by atoms with van der Waals surface area (Å²) in [6, 6.07) is 10.5. The Kier molecular flexibility index (Phi) is 3.71. The third-order valence-electron chi connectivity index (χ3n) is 3.27. The van der Waals surface area contributed by atoms with E-state index < -0.39 is 5.82 Å². The first-order valence-corrected chi connectivity index (χ1v) is 6.73. The van der Waals surface area contributed by atoms with Gasteiger partial charge in [0.25, 0.3) is 0 Å². The summed E-state index contributed by atoms with van der Waals surface area (Å²) in [5.41, 5.74) is 1.95. The molecule has 6 heteroatoms. The summed E-state index contributed by atoms with van der Waals surface area (Å²) >= 11 is 0. The Morgan fingerprint density at radius 1 is 1.18 bits per heavy atom. The van der Waals surface area contributed by atoms with E-state index in [2.05, 4.69) is 15.3 Å². The lowest BCUT2D eigenvalue weighted by atomic mass is 10.2. The highest BCUT2D eigenvalue weighted by atomic mass is 19.1. The number of H-pyrrole nitrogens is 1. The molecule has 4 nitrogen and oxygen atoms in total. The third-order valence-corrected chi connectivity index (χ3v) is 3.27. The van der Waals surface area contributed by atoms with Crippen LogP contribution in [0.3, 0.4) is 0 Å². The molecule has 0 amide bonds. The van der Waals surface area contributed by atoms with Crippen LogP contribution in [0.1, 0.15) is 11.4 Å². The number of aromatic amines is 1. The van der Waals surface area contributed by atoms with Crippen molar-refractivity contribution in [3.63, 3.8) is 0 Å². The lowest BCUT2D eigenvalue weighted by Crippen LogP contribution is -2.07. The van der Waals surface area contributed by atoms with Gasteiger partial charge in [-0.3, -0.25) is 0 Å². The fourth-order valence-corrected chi connectivity index (χ4v) is 2.20. The molecule has 0 aliphatic carbocycles. The molecule has 22 heavy (non-hydrogen) atoms. The van der Waals surface area contributed by atoms with Gasteiger partial charge in [-0.25, -0.2) is 13.8 Å². The smallest absolute Gasteiger partial charge is 0.147 e. The van der Waals surface area contributed by atoms with Gasteiger partial charge >= 0.3 is 0 Å². The van der Waals surface area contributed by atoms with E-state index >= 15 is 0 Å². The minimum absolute atomic E-state index is 0.280. The zero-order chi connectivity index (χ0) is 15.5. The van der Waals surface area contributed by atoms with Crippen molar-refractivity contribution in [2.24, 2.45) is 0 Å². The molecular weight excluding hydrogens is 286 g/mol. The monoisotopic (exact) mass is 298 g/mol. The van der Waals surface area contributed by atoms with Crippen molar-refractivity contribution in [3.8, 4) is 6.07 Å². The van der Waals surface area contributed by atoms with Gasteiger partial charge in [0.15, 0.2) is 0 Å². The van der Waals surface area contributed by atoms with Gasteiger partial charge in [-0.15, -0.1) is 0 Å². The van der Waals surface area contributed by atoms with Crippen LogP contribution in [0.15, 0.2) is 36.4 Å². The first-order valence-electron chi connectivity index (χ1n) is 6.73. The van der Waals surface area contributed by atoms with Crippen LogP contribution in [0.4, 0.5) is 14.5 Å². The summed E-state index contributed by atoms with van der Waals surface area (Å²) in [6.45, 7) is 0.463. The summed E-state index contributed by atoms with van der Waals surface area (Å²) in [5.74, 6) is -0.0895. The molecule has 3 rings (SSSR count). The average molecular weight is 298 g/mol. The van der Waals surface area contributed by atoms with Crippen molar-refractivity contribution in [1.82, 2.24) is 9.97 Å². The number of nitrogens with one attached hydrogen (secondary N) is 2. The van der Waals surface area contributed by atoms with Gasteiger partial charge in [0, 0.05) is 13.0 Å². The topological polar surface area (TPSA) is 64.5 Å². The predicted molar refractivity (Wildman–Crippen MR) is 79.4 cm³/mol. The van der Waals surface area contributed by atoms with Gasteiger partial charge in [0.2, 0.25) is 0 Å². The Morgan fingerprint density at radius 3 is 2.82 bits per heavy atom. The molecule has 3 aromatic rings. The van der Waals surface area contributed by atoms with Crippen LogP contribution in [0.25, 0.3) is 11.0 Å². The number of halogens is 2. The summed E-state index contributed by atoms with van der Waals surface area (Å²) in [6.07, 6.45) is 0.537. The number of imidazole rings is 1. The zero-order valence-corrected chi connectivity index (χ0v) is 11.5. The van der Waals surface area contributed by atoms with Gasteiger partial charge in [0.1, 0.15) is 17.5 Å². The number of aromatic nitrogens is 2. The van der Waals surface area contributed by atoms with Gasteiger partial charge in [-0.05, 0) is 36.4 Å². The molecule has 0 unspecified atom stereocenters. The highest BCUT2D eigenvalue weighted by molar-refractivity contribution is 5.74. The van der Waals surface area contributed by atoms with E-state index in [4.69, 9.17) is 5.26 Å². The fraction of sp³-hybridized carbons (Fsp3) is 0.125. The molecule has 110 valence electrons. The highest BCUT2D eigenvalue weighted by Gasteiger charge is 2.06. The zero-order valence-electron chi connectivity index (χ0n) is 11.5. The molecule has 1 aromatic heterocycles. The van der Waals surface area contributed by atoms with E-state index in [1.807, 2.05) is 6.07 Å². The summed E-state index contributed by atoms with van der Waals surface area (Å²) in [7, 11) is 0. The number of anilines is 1. The first kappa shape index (κ1) is 14.0. The van der Waals surface area contributed by atoms with Crippen LogP contribution in [0, 0.1) is 23.0 Å². The number of rotatable bonds is 4.